The van der Waals surface area contributed by atoms with E-state index in [4.69, 9.17) is 11.6 Å². The Morgan fingerprint density at radius 2 is 2.23 bits per heavy atom. The zero-order valence-corrected chi connectivity index (χ0v) is 12.6. The average molecular weight is 320 g/mol. The molecule has 0 bridgehead atoms. The van der Waals surface area contributed by atoms with Crippen molar-refractivity contribution in [1.29, 1.82) is 0 Å². The second kappa shape index (κ2) is 5.76. The highest BCUT2D eigenvalue weighted by Crippen LogP contribution is 2.26. The zero-order valence-electron chi connectivity index (χ0n) is 11.8. The number of hydrogen-bond donors (Lipinski definition) is 2. The number of amides is 2. The number of aryl methyl sites for hydroxylation is 1. The summed E-state index contributed by atoms with van der Waals surface area (Å²) in [6, 6.07) is 6.24. The number of halogens is 1. The number of hydrogen-bond acceptors (Lipinski definition) is 4. The number of nitrogens with zero attached hydrogens (tertiary/aromatic N) is 3. The second-order valence-corrected chi connectivity index (χ2v) is 5.29. The molecule has 1 aromatic carbocycles. The van der Waals surface area contributed by atoms with Gasteiger partial charge in [-0.2, -0.15) is 10.1 Å². The molecule has 7 nitrogen and oxygen atoms in total. The number of fused-ring (bicyclic) bond motifs is 1. The number of rotatable bonds is 4. The maximum atomic E-state index is 12.1. The second-order valence-electron chi connectivity index (χ2n) is 4.89. The lowest BCUT2D eigenvalue weighted by Crippen LogP contribution is -2.24. The van der Waals surface area contributed by atoms with Crippen LogP contribution in [0.4, 0.5) is 11.6 Å². The summed E-state index contributed by atoms with van der Waals surface area (Å²) < 4.78 is 1.47. The van der Waals surface area contributed by atoms with E-state index in [0.29, 0.717) is 28.9 Å². The molecule has 22 heavy (non-hydrogen) atoms. The third-order valence-electron chi connectivity index (χ3n) is 3.35. The highest BCUT2D eigenvalue weighted by molar-refractivity contribution is 6.33. The van der Waals surface area contributed by atoms with Crippen LogP contribution in [-0.4, -0.2) is 26.6 Å². The van der Waals surface area contributed by atoms with Crippen LogP contribution in [0.3, 0.4) is 0 Å². The molecule has 2 amide bonds. The third-order valence-corrected chi connectivity index (χ3v) is 3.68. The van der Waals surface area contributed by atoms with Crippen molar-refractivity contribution in [2.45, 2.75) is 25.8 Å². The molecule has 3 rings (SSSR count). The molecule has 0 aliphatic carbocycles. The van der Waals surface area contributed by atoms with E-state index in [2.05, 4.69) is 20.7 Å². The summed E-state index contributed by atoms with van der Waals surface area (Å²) in [5, 5.41) is 10.0. The Bertz CT molecular complexity index is 743. The van der Waals surface area contributed by atoms with Crippen molar-refractivity contribution >= 4 is 35.1 Å². The van der Waals surface area contributed by atoms with Crippen molar-refractivity contribution in [3.8, 4) is 0 Å². The first kappa shape index (κ1) is 14.5. The first-order valence-corrected chi connectivity index (χ1v) is 7.27. The molecule has 114 valence electrons. The number of benzene rings is 1. The predicted octanol–water partition coefficient (Wildman–Crippen LogP) is 2.02. The maximum Gasteiger partial charge on any atom is 0.252 e. The fourth-order valence-corrected chi connectivity index (χ4v) is 2.43. The smallest absolute Gasteiger partial charge is 0.252 e. The van der Waals surface area contributed by atoms with Gasteiger partial charge in [0.2, 0.25) is 11.9 Å². The Labute approximate surface area is 131 Å². The van der Waals surface area contributed by atoms with E-state index in [-0.39, 0.29) is 18.2 Å². The summed E-state index contributed by atoms with van der Waals surface area (Å²) in [6.45, 7) is 1.92. The first-order valence-electron chi connectivity index (χ1n) is 6.89. The number of aromatic nitrogens is 3. The molecule has 8 heteroatoms. The maximum absolute atomic E-state index is 12.1. The van der Waals surface area contributed by atoms with Crippen LogP contribution in [0.2, 0.25) is 5.02 Å². The van der Waals surface area contributed by atoms with Crippen LogP contribution >= 0.6 is 11.6 Å². The van der Waals surface area contributed by atoms with Crippen LogP contribution in [0.5, 0.6) is 0 Å². The summed E-state index contributed by atoms with van der Waals surface area (Å²) in [7, 11) is 0. The SMILES string of the molecule is CCc1nc2n(n1)C(CC(=O)Nc1ccccc1Cl)C(=O)N2. The summed E-state index contributed by atoms with van der Waals surface area (Å²) in [5.74, 6) is 0.422. The van der Waals surface area contributed by atoms with Crippen molar-refractivity contribution in [3.05, 3.63) is 35.1 Å². The minimum Gasteiger partial charge on any atom is -0.325 e. The van der Waals surface area contributed by atoms with E-state index >= 15 is 0 Å². The normalized spacial score (nSPS) is 16.3. The van der Waals surface area contributed by atoms with Gasteiger partial charge in [-0.05, 0) is 12.1 Å². The summed E-state index contributed by atoms with van der Waals surface area (Å²) >= 11 is 6.00. The molecule has 0 spiro atoms. The van der Waals surface area contributed by atoms with E-state index in [0.717, 1.165) is 0 Å². The van der Waals surface area contributed by atoms with Gasteiger partial charge in [-0.1, -0.05) is 30.7 Å². The molecule has 1 aliphatic rings. The molecule has 1 aliphatic heterocycles. The monoisotopic (exact) mass is 319 g/mol. The van der Waals surface area contributed by atoms with Crippen LogP contribution in [0.25, 0.3) is 0 Å². The molecule has 0 radical (unpaired) electrons. The standard InChI is InChI=1S/C14H14ClN5O2/c1-2-11-17-14-18-13(22)10(20(14)19-11)7-12(21)16-9-6-4-3-5-8(9)15/h3-6,10H,2,7H2,1H3,(H,16,21)(H,17,18,19,22). The van der Waals surface area contributed by atoms with E-state index in [1.165, 1.54) is 4.68 Å². The van der Waals surface area contributed by atoms with Gasteiger partial charge < -0.3 is 5.32 Å². The lowest BCUT2D eigenvalue weighted by atomic mass is 10.2. The van der Waals surface area contributed by atoms with Gasteiger partial charge in [0.15, 0.2) is 5.82 Å². The fourth-order valence-electron chi connectivity index (χ4n) is 2.24. The minimum absolute atomic E-state index is 0.0312. The van der Waals surface area contributed by atoms with Crippen molar-refractivity contribution in [2.24, 2.45) is 0 Å². The molecular formula is C14H14ClN5O2. The Morgan fingerprint density at radius 3 is 2.95 bits per heavy atom. The number of carbonyl (C=O) groups excluding carboxylic acids is 2. The average Bonchev–Trinajstić information content (AvgIpc) is 3.00. The van der Waals surface area contributed by atoms with Crippen LogP contribution in [0.15, 0.2) is 24.3 Å². The largest absolute Gasteiger partial charge is 0.325 e. The summed E-state index contributed by atoms with van der Waals surface area (Å²) in [6.07, 6.45) is 0.630. The molecule has 0 saturated carbocycles. The van der Waals surface area contributed by atoms with Gasteiger partial charge in [-0.25, -0.2) is 4.68 Å². The number of anilines is 2. The number of para-hydroxylation sites is 1. The molecule has 2 heterocycles. The molecule has 1 atom stereocenters. The van der Waals surface area contributed by atoms with Gasteiger partial charge in [0.1, 0.15) is 6.04 Å². The first-order chi connectivity index (χ1) is 10.6. The molecule has 0 fully saturated rings. The number of nitrogens with one attached hydrogen (secondary N) is 2. The van der Waals surface area contributed by atoms with Crippen LogP contribution in [-0.2, 0) is 16.0 Å². The van der Waals surface area contributed by atoms with Crippen LogP contribution in [0, 0.1) is 0 Å². The summed E-state index contributed by atoms with van der Waals surface area (Å²) in [4.78, 5) is 28.3. The quantitative estimate of drug-likeness (QED) is 0.902. The van der Waals surface area contributed by atoms with E-state index in [1.54, 1.807) is 24.3 Å². The molecule has 1 aromatic heterocycles. The van der Waals surface area contributed by atoms with Crippen LogP contribution in [0.1, 0.15) is 25.2 Å². The van der Waals surface area contributed by atoms with Gasteiger partial charge in [0, 0.05) is 6.42 Å². The highest BCUT2D eigenvalue weighted by atomic mass is 35.5. The molecule has 0 saturated heterocycles. The van der Waals surface area contributed by atoms with E-state index < -0.39 is 6.04 Å². The van der Waals surface area contributed by atoms with Crippen molar-refractivity contribution in [2.75, 3.05) is 10.6 Å². The Hall–Kier alpha value is -2.41. The lowest BCUT2D eigenvalue weighted by Gasteiger charge is -2.10. The van der Waals surface area contributed by atoms with Crippen molar-refractivity contribution in [1.82, 2.24) is 14.8 Å². The van der Waals surface area contributed by atoms with Gasteiger partial charge in [-0.15, -0.1) is 0 Å². The van der Waals surface area contributed by atoms with Gasteiger partial charge in [0.25, 0.3) is 5.91 Å². The van der Waals surface area contributed by atoms with Gasteiger partial charge in [-0.3, -0.25) is 14.9 Å². The minimum atomic E-state index is -0.690. The Balaban J connectivity index is 1.73. The number of carbonyl (C=O) groups is 2. The van der Waals surface area contributed by atoms with E-state index in [9.17, 15) is 9.59 Å². The predicted molar refractivity (Wildman–Crippen MR) is 81.8 cm³/mol. The van der Waals surface area contributed by atoms with Crippen molar-refractivity contribution < 1.29 is 9.59 Å². The third kappa shape index (κ3) is 2.67. The zero-order chi connectivity index (χ0) is 15.7. The molecular weight excluding hydrogens is 306 g/mol. The van der Waals surface area contributed by atoms with E-state index in [1.807, 2.05) is 6.92 Å². The molecule has 2 N–H and O–H groups in total. The van der Waals surface area contributed by atoms with Gasteiger partial charge in [0.05, 0.1) is 17.1 Å². The summed E-state index contributed by atoms with van der Waals surface area (Å²) in [5.41, 5.74) is 0.514. The Kier molecular flexibility index (Phi) is 3.81. The fraction of sp³-hybridized carbons (Fsp3) is 0.286. The highest BCUT2D eigenvalue weighted by Gasteiger charge is 2.34. The van der Waals surface area contributed by atoms with Crippen molar-refractivity contribution in [3.63, 3.8) is 0 Å². The van der Waals surface area contributed by atoms with Gasteiger partial charge >= 0.3 is 0 Å². The molecule has 1 unspecified atom stereocenters. The Morgan fingerprint density at radius 1 is 1.45 bits per heavy atom. The topological polar surface area (TPSA) is 88.9 Å². The lowest BCUT2D eigenvalue weighted by molar-refractivity contribution is -0.123. The van der Waals surface area contributed by atoms with Crippen LogP contribution < -0.4 is 10.6 Å². The molecule has 2 aromatic rings.